The molecule has 0 atom stereocenters. The molecule has 7 heteroatoms. The Bertz CT molecular complexity index is 497. The number of halogens is 1. The van der Waals surface area contributed by atoms with Crippen LogP contribution < -0.4 is 11.3 Å². The van der Waals surface area contributed by atoms with Crippen molar-refractivity contribution in [2.45, 2.75) is 26.3 Å². The van der Waals surface area contributed by atoms with Crippen molar-refractivity contribution in [1.82, 2.24) is 9.88 Å². The minimum absolute atomic E-state index is 0.116. The number of hydrogen-bond acceptors (Lipinski definition) is 5. The zero-order valence-corrected chi connectivity index (χ0v) is 10.9. The molecule has 0 unspecified atom stereocenters. The van der Waals surface area contributed by atoms with Crippen LogP contribution in [-0.2, 0) is 0 Å². The number of nitrogens with zero attached hydrogens (tertiary/aromatic N) is 3. The van der Waals surface area contributed by atoms with E-state index in [-0.39, 0.29) is 30.4 Å². The van der Waals surface area contributed by atoms with E-state index in [1.165, 1.54) is 17.2 Å². The highest BCUT2D eigenvalue weighted by molar-refractivity contribution is 5.95. The van der Waals surface area contributed by atoms with E-state index < -0.39 is 11.7 Å². The largest absolute Gasteiger partial charge is 0.335 e. The molecule has 3 N–H and O–H groups in total. The van der Waals surface area contributed by atoms with Crippen LogP contribution in [-0.4, -0.2) is 28.4 Å². The van der Waals surface area contributed by atoms with Crippen LogP contribution in [0.3, 0.4) is 0 Å². The first-order valence-electron chi connectivity index (χ1n) is 5.82. The van der Waals surface area contributed by atoms with Crippen LogP contribution in [0.5, 0.6) is 0 Å². The highest BCUT2D eigenvalue weighted by Gasteiger charge is 2.23. The highest BCUT2D eigenvalue weighted by atomic mass is 19.1. The molecule has 0 fully saturated rings. The van der Waals surface area contributed by atoms with E-state index in [4.69, 9.17) is 11.1 Å². The molecule has 19 heavy (non-hydrogen) atoms. The van der Waals surface area contributed by atoms with E-state index in [1.54, 1.807) is 13.8 Å². The van der Waals surface area contributed by atoms with Gasteiger partial charge in [-0.25, -0.2) is 15.2 Å². The second kappa shape index (κ2) is 6.66. The Hall–Kier alpha value is -2.20. The number of hydrogen-bond donors (Lipinski definition) is 2. The SMILES string of the molecule is CC(C)N(CCC#N)C(=O)c1ccnc(NN)c1F. The molecule has 0 spiro atoms. The number of carbonyl (C=O) groups is 1. The Balaban J connectivity index is 3.06. The van der Waals surface area contributed by atoms with Gasteiger partial charge in [0.1, 0.15) is 0 Å². The first kappa shape index (κ1) is 14.9. The number of aromatic nitrogens is 1. The van der Waals surface area contributed by atoms with Crippen molar-refractivity contribution in [2.75, 3.05) is 12.0 Å². The molecule has 0 saturated heterocycles. The molecule has 1 aromatic heterocycles. The molecule has 0 aliphatic carbocycles. The number of rotatable bonds is 5. The van der Waals surface area contributed by atoms with Gasteiger partial charge in [-0.1, -0.05) is 0 Å². The molecule has 6 nitrogen and oxygen atoms in total. The number of carbonyl (C=O) groups excluding carboxylic acids is 1. The van der Waals surface area contributed by atoms with Gasteiger partial charge < -0.3 is 10.3 Å². The fourth-order valence-electron chi connectivity index (χ4n) is 1.63. The minimum atomic E-state index is -0.794. The van der Waals surface area contributed by atoms with Crippen molar-refractivity contribution in [3.05, 3.63) is 23.6 Å². The summed E-state index contributed by atoms with van der Waals surface area (Å²) in [6, 6.07) is 3.12. The molecule has 0 aliphatic rings. The van der Waals surface area contributed by atoms with Crippen LogP contribution in [0.25, 0.3) is 0 Å². The Morgan fingerprint density at radius 2 is 2.37 bits per heavy atom. The van der Waals surface area contributed by atoms with Gasteiger partial charge in [0.05, 0.1) is 18.1 Å². The molecular formula is C12H16FN5O. The lowest BCUT2D eigenvalue weighted by molar-refractivity contribution is 0.0705. The fourth-order valence-corrected chi connectivity index (χ4v) is 1.63. The van der Waals surface area contributed by atoms with Gasteiger partial charge in [-0.2, -0.15) is 5.26 Å². The van der Waals surface area contributed by atoms with Gasteiger partial charge in [0, 0.05) is 18.8 Å². The minimum Gasteiger partial charge on any atom is -0.335 e. The van der Waals surface area contributed by atoms with E-state index in [9.17, 15) is 9.18 Å². The zero-order chi connectivity index (χ0) is 14.4. The molecule has 0 saturated carbocycles. The van der Waals surface area contributed by atoms with Crippen LogP contribution in [0.1, 0.15) is 30.6 Å². The third-order valence-corrected chi connectivity index (χ3v) is 2.61. The molecule has 1 heterocycles. The average molecular weight is 265 g/mol. The van der Waals surface area contributed by atoms with Crippen molar-refractivity contribution >= 4 is 11.7 Å². The highest BCUT2D eigenvalue weighted by Crippen LogP contribution is 2.17. The van der Waals surface area contributed by atoms with Crippen LogP contribution in [0.2, 0.25) is 0 Å². The maximum atomic E-state index is 14.0. The van der Waals surface area contributed by atoms with Gasteiger partial charge in [-0.05, 0) is 19.9 Å². The molecule has 0 aromatic carbocycles. The topological polar surface area (TPSA) is 95.0 Å². The van der Waals surface area contributed by atoms with Gasteiger partial charge in [0.15, 0.2) is 11.6 Å². The normalized spacial score (nSPS) is 10.1. The predicted molar refractivity (Wildman–Crippen MR) is 68.4 cm³/mol. The summed E-state index contributed by atoms with van der Waals surface area (Å²) in [4.78, 5) is 17.4. The molecule has 0 bridgehead atoms. The second-order valence-corrected chi connectivity index (χ2v) is 4.17. The lowest BCUT2D eigenvalue weighted by atomic mass is 10.1. The van der Waals surface area contributed by atoms with Crippen molar-refractivity contribution in [1.29, 1.82) is 5.26 Å². The molecular weight excluding hydrogens is 249 g/mol. The number of amides is 1. The first-order valence-corrected chi connectivity index (χ1v) is 5.82. The monoisotopic (exact) mass is 265 g/mol. The van der Waals surface area contributed by atoms with Crippen LogP contribution in [0.15, 0.2) is 12.3 Å². The molecule has 102 valence electrons. The summed E-state index contributed by atoms with van der Waals surface area (Å²) in [5.74, 6) is 3.65. The Kier molecular flexibility index (Phi) is 5.21. The quantitative estimate of drug-likeness (QED) is 0.617. The number of pyridine rings is 1. The van der Waals surface area contributed by atoms with Gasteiger partial charge in [0.2, 0.25) is 0 Å². The van der Waals surface area contributed by atoms with Crippen molar-refractivity contribution in [3.8, 4) is 6.07 Å². The molecule has 0 radical (unpaired) electrons. The molecule has 1 aromatic rings. The van der Waals surface area contributed by atoms with E-state index in [1.807, 2.05) is 6.07 Å². The second-order valence-electron chi connectivity index (χ2n) is 4.17. The standard InChI is InChI=1S/C12H16FN5O/c1-8(2)18(7-3-5-14)12(19)9-4-6-16-11(17-15)10(9)13/h4,6,8H,3,7,15H2,1-2H3,(H,16,17). The number of nitrogens with two attached hydrogens (primary N) is 1. The van der Waals surface area contributed by atoms with Gasteiger partial charge in [-0.3, -0.25) is 4.79 Å². The van der Waals surface area contributed by atoms with Crippen molar-refractivity contribution < 1.29 is 9.18 Å². The number of hydrazine groups is 1. The van der Waals surface area contributed by atoms with Crippen LogP contribution in [0.4, 0.5) is 10.2 Å². The van der Waals surface area contributed by atoms with Crippen LogP contribution in [0, 0.1) is 17.1 Å². The zero-order valence-electron chi connectivity index (χ0n) is 10.9. The summed E-state index contributed by atoms with van der Waals surface area (Å²) in [6.07, 6.45) is 1.49. The van der Waals surface area contributed by atoms with E-state index >= 15 is 0 Å². The third-order valence-electron chi connectivity index (χ3n) is 2.61. The summed E-state index contributed by atoms with van der Waals surface area (Å²) in [5.41, 5.74) is 1.98. The third kappa shape index (κ3) is 3.39. The molecule has 0 aliphatic heterocycles. The lowest BCUT2D eigenvalue weighted by Crippen LogP contribution is -2.38. The van der Waals surface area contributed by atoms with E-state index in [2.05, 4.69) is 10.4 Å². The fraction of sp³-hybridized carbons (Fsp3) is 0.417. The maximum absolute atomic E-state index is 14.0. The Labute approximate surface area is 111 Å². The van der Waals surface area contributed by atoms with E-state index in [0.29, 0.717) is 0 Å². The number of nitrogens with one attached hydrogen (secondary N) is 1. The summed E-state index contributed by atoms with van der Waals surface area (Å²) in [7, 11) is 0. The van der Waals surface area contributed by atoms with Gasteiger partial charge >= 0.3 is 0 Å². The van der Waals surface area contributed by atoms with Gasteiger partial charge in [-0.15, -0.1) is 0 Å². The molecule has 1 rings (SSSR count). The summed E-state index contributed by atoms with van der Waals surface area (Å²) >= 11 is 0. The number of nitrogen functional groups attached to an aromatic ring is 1. The Morgan fingerprint density at radius 3 is 2.89 bits per heavy atom. The van der Waals surface area contributed by atoms with Gasteiger partial charge in [0.25, 0.3) is 5.91 Å². The van der Waals surface area contributed by atoms with Crippen molar-refractivity contribution in [3.63, 3.8) is 0 Å². The maximum Gasteiger partial charge on any atom is 0.257 e. The predicted octanol–water partition coefficient (Wildman–Crippen LogP) is 1.27. The summed E-state index contributed by atoms with van der Waals surface area (Å²) < 4.78 is 14.0. The Morgan fingerprint density at radius 1 is 1.68 bits per heavy atom. The van der Waals surface area contributed by atoms with Crippen molar-refractivity contribution in [2.24, 2.45) is 5.84 Å². The summed E-state index contributed by atoms with van der Waals surface area (Å²) in [5, 5.41) is 8.59. The van der Waals surface area contributed by atoms with E-state index in [0.717, 1.165) is 0 Å². The van der Waals surface area contributed by atoms with Crippen LogP contribution >= 0.6 is 0 Å². The first-order chi connectivity index (χ1) is 9.02. The molecule has 1 amide bonds. The smallest absolute Gasteiger partial charge is 0.257 e. The number of nitriles is 1. The average Bonchev–Trinajstić information content (AvgIpc) is 2.38. The lowest BCUT2D eigenvalue weighted by Gasteiger charge is -2.26. The summed E-state index contributed by atoms with van der Waals surface area (Å²) in [6.45, 7) is 3.85. The number of anilines is 1.